The molecule has 18 heavy (non-hydrogen) atoms. The van der Waals surface area contributed by atoms with Gasteiger partial charge in [-0.25, -0.2) is 0 Å². The molecule has 1 aliphatic rings. The van der Waals surface area contributed by atoms with E-state index in [9.17, 15) is 10.1 Å². The zero-order valence-corrected chi connectivity index (χ0v) is 10.5. The highest BCUT2D eigenvalue weighted by molar-refractivity contribution is 5.58. The molecule has 1 N–H and O–H groups in total. The van der Waals surface area contributed by atoms with Gasteiger partial charge in [0.05, 0.1) is 18.1 Å². The van der Waals surface area contributed by atoms with Gasteiger partial charge in [-0.2, -0.15) is 0 Å². The van der Waals surface area contributed by atoms with Gasteiger partial charge in [-0.3, -0.25) is 10.1 Å². The summed E-state index contributed by atoms with van der Waals surface area (Å²) in [6, 6.07) is 5.32. The molecular weight excluding hydrogens is 234 g/mol. The van der Waals surface area contributed by atoms with Crippen LogP contribution in [0.3, 0.4) is 0 Å². The van der Waals surface area contributed by atoms with E-state index in [1.807, 2.05) is 13.1 Å². The van der Waals surface area contributed by atoms with Crippen LogP contribution in [0.25, 0.3) is 0 Å². The van der Waals surface area contributed by atoms with Gasteiger partial charge in [-0.1, -0.05) is 0 Å². The molecule has 1 fully saturated rings. The topological polar surface area (TPSA) is 67.6 Å². The number of nitro benzene ring substituents is 1. The Morgan fingerprint density at radius 3 is 2.83 bits per heavy atom. The third kappa shape index (κ3) is 2.53. The van der Waals surface area contributed by atoms with Crippen molar-refractivity contribution in [1.29, 1.82) is 0 Å². The zero-order chi connectivity index (χ0) is 13.1. The fourth-order valence-electron chi connectivity index (χ4n) is 2.20. The Hall–Kier alpha value is -1.82. The number of nitrogens with one attached hydrogen (secondary N) is 1. The lowest BCUT2D eigenvalue weighted by molar-refractivity contribution is -0.384. The maximum Gasteiger partial charge on any atom is 0.275 e. The molecule has 0 aliphatic carbocycles. The molecule has 1 aromatic carbocycles. The Bertz CT molecular complexity index is 450. The zero-order valence-electron chi connectivity index (χ0n) is 10.5. The molecule has 0 saturated carbocycles. The van der Waals surface area contributed by atoms with E-state index in [1.165, 1.54) is 13.2 Å². The van der Waals surface area contributed by atoms with E-state index in [4.69, 9.17) is 4.74 Å². The maximum atomic E-state index is 10.9. The number of benzene rings is 1. The van der Waals surface area contributed by atoms with Gasteiger partial charge < -0.3 is 15.0 Å². The molecule has 1 aliphatic heterocycles. The number of likely N-dealkylation sites (N-methyl/N-ethyl adjacent to an activating group) is 1. The highest BCUT2D eigenvalue weighted by Crippen LogP contribution is 2.30. The van der Waals surface area contributed by atoms with Gasteiger partial charge in [0, 0.05) is 37.0 Å². The monoisotopic (exact) mass is 251 g/mol. The smallest absolute Gasteiger partial charge is 0.275 e. The van der Waals surface area contributed by atoms with Crippen LogP contribution in [0.15, 0.2) is 18.2 Å². The number of ether oxygens (including phenoxy) is 1. The normalized spacial score (nSPS) is 19.0. The number of nitro groups is 1. The van der Waals surface area contributed by atoms with Crippen LogP contribution in [0.2, 0.25) is 0 Å². The molecule has 2 rings (SSSR count). The molecule has 1 atom stereocenters. The van der Waals surface area contributed by atoms with E-state index >= 15 is 0 Å². The summed E-state index contributed by atoms with van der Waals surface area (Å²) in [5.74, 6) is 0.520. The number of hydrogen-bond donors (Lipinski definition) is 1. The van der Waals surface area contributed by atoms with Crippen LogP contribution < -0.4 is 15.0 Å². The minimum atomic E-state index is -0.391. The molecule has 0 amide bonds. The second-order valence-electron chi connectivity index (χ2n) is 4.37. The van der Waals surface area contributed by atoms with Crippen molar-refractivity contribution in [3.63, 3.8) is 0 Å². The second kappa shape index (κ2) is 5.22. The van der Waals surface area contributed by atoms with Crippen LogP contribution >= 0.6 is 0 Å². The van der Waals surface area contributed by atoms with Gasteiger partial charge in [0.15, 0.2) is 0 Å². The average Bonchev–Trinajstić information content (AvgIpc) is 2.86. The summed E-state index contributed by atoms with van der Waals surface area (Å²) < 4.78 is 5.11. The first kappa shape index (κ1) is 12.6. The highest BCUT2D eigenvalue weighted by atomic mass is 16.6. The first-order valence-corrected chi connectivity index (χ1v) is 5.89. The molecule has 0 radical (unpaired) electrons. The number of nitrogens with zero attached hydrogens (tertiary/aromatic N) is 2. The summed E-state index contributed by atoms with van der Waals surface area (Å²) in [6.07, 6.45) is 1.04. The molecule has 0 spiro atoms. The highest BCUT2D eigenvalue weighted by Gasteiger charge is 2.23. The second-order valence-corrected chi connectivity index (χ2v) is 4.37. The lowest BCUT2D eigenvalue weighted by Gasteiger charge is -2.19. The summed E-state index contributed by atoms with van der Waals surface area (Å²) in [6.45, 7) is 1.76. The number of anilines is 1. The number of hydrogen-bond acceptors (Lipinski definition) is 5. The van der Waals surface area contributed by atoms with E-state index in [-0.39, 0.29) is 5.69 Å². The molecule has 1 saturated heterocycles. The summed E-state index contributed by atoms with van der Waals surface area (Å²) >= 11 is 0. The Morgan fingerprint density at radius 1 is 1.50 bits per heavy atom. The van der Waals surface area contributed by atoms with Crippen molar-refractivity contribution in [2.75, 3.05) is 32.1 Å². The van der Waals surface area contributed by atoms with Crippen molar-refractivity contribution in [2.24, 2.45) is 0 Å². The molecule has 0 bridgehead atoms. The van der Waals surface area contributed by atoms with E-state index in [0.29, 0.717) is 11.8 Å². The van der Waals surface area contributed by atoms with Crippen molar-refractivity contribution in [3.05, 3.63) is 28.3 Å². The van der Waals surface area contributed by atoms with Crippen molar-refractivity contribution >= 4 is 11.4 Å². The fraction of sp³-hybridized carbons (Fsp3) is 0.500. The van der Waals surface area contributed by atoms with E-state index < -0.39 is 4.92 Å². The molecule has 1 heterocycles. The quantitative estimate of drug-likeness (QED) is 0.647. The SMILES string of the molecule is CNC1CCN(c2cc(OC)cc([N+](=O)[O-])c2)C1. The standard InChI is InChI=1S/C12H17N3O3/c1-13-9-3-4-14(8-9)10-5-11(15(16)17)7-12(6-10)18-2/h5-7,9,13H,3-4,8H2,1-2H3. The van der Waals surface area contributed by atoms with E-state index in [2.05, 4.69) is 10.2 Å². The maximum absolute atomic E-state index is 10.9. The Labute approximate surface area is 106 Å². The largest absolute Gasteiger partial charge is 0.496 e. The summed E-state index contributed by atoms with van der Waals surface area (Å²) in [7, 11) is 3.45. The summed E-state index contributed by atoms with van der Waals surface area (Å²) in [4.78, 5) is 12.6. The minimum absolute atomic E-state index is 0.0669. The Kier molecular flexibility index (Phi) is 3.66. The predicted octanol–water partition coefficient (Wildman–Crippen LogP) is 1.40. The lowest BCUT2D eigenvalue weighted by Crippen LogP contribution is -2.29. The molecule has 6 nitrogen and oxygen atoms in total. The van der Waals surface area contributed by atoms with Crippen LogP contribution in [-0.4, -0.2) is 38.2 Å². The molecular formula is C12H17N3O3. The fourth-order valence-corrected chi connectivity index (χ4v) is 2.20. The lowest BCUT2D eigenvalue weighted by atomic mass is 10.2. The van der Waals surface area contributed by atoms with Gasteiger partial charge in [0.1, 0.15) is 5.75 Å². The Morgan fingerprint density at radius 2 is 2.28 bits per heavy atom. The first-order chi connectivity index (χ1) is 8.63. The summed E-state index contributed by atoms with van der Waals surface area (Å²) in [5, 5.41) is 14.1. The molecule has 98 valence electrons. The van der Waals surface area contributed by atoms with Crippen LogP contribution in [0.5, 0.6) is 5.75 Å². The van der Waals surface area contributed by atoms with Crippen LogP contribution in [0, 0.1) is 10.1 Å². The van der Waals surface area contributed by atoms with Crippen LogP contribution in [0.1, 0.15) is 6.42 Å². The van der Waals surface area contributed by atoms with Crippen LogP contribution in [-0.2, 0) is 0 Å². The van der Waals surface area contributed by atoms with Crippen molar-refractivity contribution in [2.45, 2.75) is 12.5 Å². The van der Waals surface area contributed by atoms with Gasteiger partial charge in [-0.15, -0.1) is 0 Å². The van der Waals surface area contributed by atoms with Gasteiger partial charge >= 0.3 is 0 Å². The van der Waals surface area contributed by atoms with Crippen molar-refractivity contribution in [1.82, 2.24) is 5.32 Å². The summed E-state index contributed by atoms with van der Waals surface area (Å²) in [5.41, 5.74) is 0.913. The van der Waals surface area contributed by atoms with E-state index in [0.717, 1.165) is 25.2 Å². The number of non-ortho nitro benzene ring substituents is 1. The van der Waals surface area contributed by atoms with Gasteiger partial charge in [0.2, 0.25) is 0 Å². The van der Waals surface area contributed by atoms with Crippen molar-refractivity contribution in [3.8, 4) is 5.75 Å². The molecule has 1 aromatic rings. The Balaban J connectivity index is 2.27. The molecule has 1 unspecified atom stereocenters. The molecule has 0 aromatic heterocycles. The molecule has 6 heteroatoms. The van der Waals surface area contributed by atoms with Crippen molar-refractivity contribution < 1.29 is 9.66 Å². The van der Waals surface area contributed by atoms with E-state index in [1.54, 1.807) is 6.07 Å². The number of methoxy groups -OCH3 is 1. The first-order valence-electron chi connectivity index (χ1n) is 5.89. The predicted molar refractivity (Wildman–Crippen MR) is 69.3 cm³/mol. The number of rotatable bonds is 4. The minimum Gasteiger partial charge on any atom is -0.496 e. The van der Waals surface area contributed by atoms with Gasteiger partial charge in [-0.05, 0) is 13.5 Å². The average molecular weight is 251 g/mol. The third-order valence-corrected chi connectivity index (χ3v) is 3.28. The van der Waals surface area contributed by atoms with Crippen LogP contribution in [0.4, 0.5) is 11.4 Å². The van der Waals surface area contributed by atoms with Gasteiger partial charge in [0.25, 0.3) is 5.69 Å². The third-order valence-electron chi connectivity index (χ3n) is 3.28.